The Kier molecular flexibility index (Phi) is 5.95. The average molecular weight is 330 g/mol. The number of rotatable bonds is 7. The first-order valence-electron chi connectivity index (χ1n) is 9.31. The summed E-state index contributed by atoms with van der Waals surface area (Å²) < 4.78 is 0. The van der Waals surface area contributed by atoms with Gasteiger partial charge >= 0.3 is 0 Å². The van der Waals surface area contributed by atoms with Crippen LogP contribution >= 0.6 is 0 Å². The highest BCUT2D eigenvalue weighted by Gasteiger charge is 2.09. The molecule has 0 unspecified atom stereocenters. The highest BCUT2D eigenvalue weighted by molar-refractivity contribution is 5.80. The van der Waals surface area contributed by atoms with Gasteiger partial charge in [0.15, 0.2) is 5.82 Å². The molecule has 3 aromatic rings. The maximum atomic E-state index is 4.60. The molecule has 0 amide bonds. The Bertz CT molecular complexity index is 789. The third-order valence-electron chi connectivity index (χ3n) is 4.50. The molecule has 0 radical (unpaired) electrons. The van der Waals surface area contributed by atoms with Gasteiger partial charge in [0, 0.05) is 18.0 Å². The van der Waals surface area contributed by atoms with Crippen LogP contribution in [0.3, 0.4) is 0 Å². The number of aromatic nitrogens is 2. The molecule has 0 saturated heterocycles. The molecular weight excluding hydrogens is 304 g/mol. The normalized spacial score (nSPS) is 10.8. The molecule has 0 bridgehead atoms. The van der Waals surface area contributed by atoms with E-state index in [0.717, 1.165) is 30.7 Å². The van der Waals surface area contributed by atoms with Crippen LogP contribution in [0.2, 0.25) is 0 Å². The van der Waals surface area contributed by atoms with Crippen LogP contribution in [0, 0.1) is 0 Å². The lowest BCUT2D eigenvalue weighted by atomic mass is 9.97. The van der Waals surface area contributed by atoms with E-state index in [-0.39, 0.29) is 0 Å². The maximum absolute atomic E-state index is 4.60. The Hall–Kier alpha value is -2.48. The maximum Gasteiger partial charge on any atom is 0.159 e. The first-order valence-corrected chi connectivity index (χ1v) is 9.31. The smallest absolute Gasteiger partial charge is 0.159 e. The largest absolute Gasteiger partial charge is 0.236 e. The minimum atomic E-state index is 0.797. The van der Waals surface area contributed by atoms with Crippen LogP contribution in [-0.4, -0.2) is 9.97 Å². The van der Waals surface area contributed by atoms with Gasteiger partial charge in [-0.1, -0.05) is 75.2 Å². The van der Waals surface area contributed by atoms with E-state index >= 15 is 0 Å². The molecule has 1 heterocycles. The van der Waals surface area contributed by atoms with Crippen molar-refractivity contribution >= 4 is 0 Å². The summed E-state index contributed by atoms with van der Waals surface area (Å²) in [7, 11) is 0. The first-order chi connectivity index (χ1) is 12.3. The number of benzene rings is 2. The van der Waals surface area contributed by atoms with E-state index in [9.17, 15) is 0 Å². The van der Waals surface area contributed by atoms with Crippen LogP contribution in [-0.2, 0) is 12.8 Å². The molecular formula is C23H26N2. The zero-order valence-corrected chi connectivity index (χ0v) is 15.2. The topological polar surface area (TPSA) is 25.8 Å². The molecule has 0 saturated carbocycles. The minimum absolute atomic E-state index is 0.797. The van der Waals surface area contributed by atoms with Crippen molar-refractivity contribution in [3.63, 3.8) is 0 Å². The van der Waals surface area contributed by atoms with Crippen LogP contribution in [0.25, 0.3) is 22.5 Å². The molecule has 0 atom stereocenters. The second kappa shape index (κ2) is 8.57. The third-order valence-corrected chi connectivity index (χ3v) is 4.50. The SMILES string of the molecule is CCCCc1ccc(-c2ccccc2-c2ncc(CCC)cn2)cc1. The van der Waals surface area contributed by atoms with Gasteiger partial charge < -0.3 is 0 Å². The van der Waals surface area contributed by atoms with Crippen molar-refractivity contribution in [2.45, 2.75) is 46.0 Å². The molecule has 0 fully saturated rings. The minimum Gasteiger partial charge on any atom is -0.236 e. The molecule has 0 aliphatic heterocycles. The zero-order chi connectivity index (χ0) is 17.5. The summed E-state index contributed by atoms with van der Waals surface area (Å²) >= 11 is 0. The highest BCUT2D eigenvalue weighted by atomic mass is 14.9. The second-order valence-corrected chi connectivity index (χ2v) is 6.51. The summed E-state index contributed by atoms with van der Waals surface area (Å²) in [5.41, 5.74) is 6.10. The van der Waals surface area contributed by atoms with Crippen LogP contribution in [0.15, 0.2) is 60.9 Å². The van der Waals surface area contributed by atoms with Crippen molar-refractivity contribution in [2.75, 3.05) is 0 Å². The van der Waals surface area contributed by atoms with Gasteiger partial charge in [0.25, 0.3) is 0 Å². The Morgan fingerprint density at radius 1 is 0.680 bits per heavy atom. The van der Waals surface area contributed by atoms with Crippen molar-refractivity contribution in [2.24, 2.45) is 0 Å². The lowest BCUT2D eigenvalue weighted by Crippen LogP contribution is -1.94. The van der Waals surface area contributed by atoms with E-state index in [0.29, 0.717) is 0 Å². The molecule has 3 rings (SSSR count). The molecule has 25 heavy (non-hydrogen) atoms. The van der Waals surface area contributed by atoms with Gasteiger partial charge in [-0.15, -0.1) is 0 Å². The van der Waals surface area contributed by atoms with Crippen LogP contribution in [0.4, 0.5) is 0 Å². The molecule has 2 aromatic carbocycles. The van der Waals surface area contributed by atoms with Crippen molar-refractivity contribution in [3.05, 3.63) is 72.1 Å². The molecule has 1 aromatic heterocycles. The molecule has 0 aliphatic rings. The Balaban J connectivity index is 1.90. The van der Waals surface area contributed by atoms with E-state index in [1.165, 1.54) is 35.1 Å². The standard InChI is InChI=1S/C23H26N2/c1-3-5-9-18-12-14-20(15-13-18)21-10-6-7-11-22(21)23-24-16-19(8-4-2)17-25-23/h6-7,10-17H,3-5,8-9H2,1-2H3. The number of unbranched alkanes of at least 4 members (excludes halogenated alkanes) is 1. The monoisotopic (exact) mass is 330 g/mol. The van der Waals surface area contributed by atoms with E-state index < -0.39 is 0 Å². The lowest BCUT2D eigenvalue weighted by molar-refractivity contribution is 0.795. The van der Waals surface area contributed by atoms with Crippen LogP contribution in [0.5, 0.6) is 0 Å². The molecule has 0 aliphatic carbocycles. The predicted octanol–water partition coefficient (Wildman–Crippen LogP) is 6.11. The second-order valence-electron chi connectivity index (χ2n) is 6.51. The van der Waals surface area contributed by atoms with Gasteiger partial charge in [-0.2, -0.15) is 0 Å². The van der Waals surface area contributed by atoms with Crippen molar-refractivity contribution < 1.29 is 0 Å². The number of nitrogens with zero attached hydrogens (tertiary/aromatic N) is 2. The summed E-state index contributed by atoms with van der Waals surface area (Å²) in [6, 6.07) is 17.3. The Labute approximate surface area is 151 Å². The van der Waals surface area contributed by atoms with Crippen molar-refractivity contribution in [3.8, 4) is 22.5 Å². The summed E-state index contributed by atoms with van der Waals surface area (Å²) in [5.74, 6) is 0.797. The van der Waals surface area contributed by atoms with Gasteiger partial charge in [-0.05, 0) is 41.5 Å². The van der Waals surface area contributed by atoms with E-state index in [4.69, 9.17) is 0 Å². The Morgan fingerprint density at radius 2 is 1.36 bits per heavy atom. The average Bonchev–Trinajstić information content (AvgIpc) is 2.68. The highest BCUT2D eigenvalue weighted by Crippen LogP contribution is 2.30. The number of hydrogen-bond donors (Lipinski definition) is 0. The summed E-state index contributed by atoms with van der Waals surface area (Å²) in [6.07, 6.45) is 9.68. The fourth-order valence-corrected chi connectivity index (χ4v) is 3.07. The molecule has 128 valence electrons. The fourth-order valence-electron chi connectivity index (χ4n) is 3.07. The predicted molar refractivity (Wildman–Crippen MR) is 106 cm³/mol. The van der Waals surface area contributed by atoms with Gasteiger partial charge in [0.2, 0.25) is 0 Å². The van der Waals surface area contributed by atoms with Gasteiger partial charge in [-0.25, -0.2) is 9.97 Å². The molecule has 2 nitrogen and oxygen atoms in total. The van der Waals surface area contributed by atoms with E-state index in [1.54, 1.807) is 0 Å². The number of hydrogen-bond acceptors (Lipinski definition) is 2. The fraction of sp³-hybridized carbons (Fsp3) is 0.304. The van der Waals surface area contributed by atoms with Crippen LogP contribution < -0.4 is 0 Å². The quantitative estimate of drug-likeness (QED) is 0.522. The van der Waals surface area contributed by atoms with Gasteiger partial charge in [-0.3, -0.25) is 0 Å². The zero-order valence-electron chi connectivity index (χ0n) is 15.2. The van der Waals surface area contributed by atoms with Crippen LogP contribution in [0.1, 0.15) is 44.2 Å². The summed E-state index contributed by atoms with van der Waals surface area (Å²) in [5, 5.41) is 0. The third kappa shape index (κ3) is 4.33. The summed E-state index contributed by atoms with van der Waals surface area (Å²) in [4.78, 5) is 9.20. The van der Waals surface area contributed by atoms with E-state index in [2.05, 4.69) is 72.3 Å². The molecule has 0 spiro atoms. The van der Waals surface area contributed by atoms with Crippen molar-refractivity contribution in [1.82, 2.24) is 9.97 Å². The molecule has 2 heteroatoms. The lowest BCUT2D eigenvalue weighted by Gasteiger charge is -2.10. The first kappa shape index (κ1) is 17.3. The Morgan fingerprint density at radius 3 is 2.00 bits per heavy atom. The van der Waals surface area contributed by atoms with Gasteiger partial charge in [0.05, 0.1) is 0 Å². The summed E-state index contributed by atoms with van der Waals surface area (Å²) in [6.45, 7) is 4.41. The molecule has 0 N–H and O–H groups in total. The van der Waals surface area contributed by atoms with E-state index in [1.807, 2.05) is 12.4 Å². The van der Waals surface area contributed by atoms with Gasteiger partial charge in [0.1, 0.15) is 0 Å². The van der Waals surface area contributed by atoms with Crippen molar-refractivity contribution in [1.29, 1.82) is 0 Å². The number of aryl methyl sites for hydroxylation is 2.